The maximum Gasteiger partial charge on any atom is 0.144 e. The first-order valence-electron chi connectivity index (χ1n) is 4.73. The molecule has 15 heavy (non-hydrogen) atoms. The Hall–Kier alpha value is -1.09. The second-order valence-corrected chi connectivity index (χ2v) is 5.03. The number of hydrogen-bond acceptors (Lipinski definition) is 1. The summed E-state index contributed by atoms with van der Waals surface area (Å²) in [6.45, 7) is 6.13. The zero-order valence-electron chi connectivity index (χ0n) is 8.86. The third-order valence-electron chi connectivity index (χ3n) is 2.23. The van der Waals surface area contributed by atoms with Crippen molar-refractivity contribution in [1.82, 2.24) is 9.97 Å². The summed E-state index contributed by atoms with van der Waals surface area (Å²) in [6.07, 6.45) is 0. The highest BCUT2D eigenvalue weighted by Gasteiger charge is 2.18. The molecule has 0 spiro atoms. The van der Waals surface area contributed by atoms with E-state index in [1.54, 1.807) is 6.07 Å². The number of aromatic amines is 1. The average Bonchev–Trinajstić information content (AvgIpc) is 2.47. The second kappa shape index (κ2) is 3.20. The fourth-order valence-electron chi connectivity index (χ4n) is 1.36. The van der Waals surface area contributed by atoms with Crippen LogP contribution < -0.4 is 0 Å². The lowest BCUT2D eigenvalue weighted by Gasteiger charge is -2.13. The van der Waals surface area contributed by atoms with E-state index in [0.717, 1.165) is 11.3 Å². The Kier molecular flexibility index (Phi) is 2.23. The summed E-state index contributed by atoms with van der Waals surface area (Å²) in [4.78, 5) is 7.47. The van der Waals surface area contributed by atoms with Gasteiger partial charge >= 0.3 is 0 Å². The lowest BCUT2D eigenvalue weighted by molar-refractivity contribution is 0.554. The van der Waals surface area contributed by atoms with Gasteiger partial charge in [0, 0.05) is 11.5 Å². The van der Waals surface area contributed by atoms with Gasteiger partial charge in [0.15, 0.2) is 0 Å². The molecule has 0 bridgehead atoms. The van der Waals surface area contributed by atoms with Gasteiger partial charge in [0.2, 0.25) is 0 Å². The van der Waals surface area contributed by atoms with Crippen molar-refractivity contribution >= 4 is 22.6 Å². The van der Waals surface area contributed by atoms with Gasteiger partial charge in [-0.3, -0.25) is 0 Å². The Morgan fingerprint density at radius 2 is 2.00 bits per heavy atom. The third kappa shape index (κ3) is 1.84. The van der Waals surface area contributed by atoms with E-state index < -0.39 is 5.82 Å². The molecule has 4 heteroatoms. The molecule has 0 amide bonds. The van der Waals surface area contributed by atoms with Crippen LogP contribution in [0.1, 0.15) is 26.6 Å². The molecule has 2 rings (SSSR count). The van der Waals surface area contributed by atoms with E-state index in [1.165, 1.54) is 6.07 Å². The summed E-state index contributed by atoms with van der Waals surface area (Å²) < 4.78 is 13.2. The first-order chi connectivity index (χ1) is 6.88. The third-order valence-corrected chi connectivity index (χ3v) is 2.52. The minimum atomic E-state index is -0.434. The van der Waals surface area contributed by atoms with Crippen LogP contribution in [0.3, 0.4) is 0 Å². The molecule has 0 aliphatic heterocycles. The molecule has 0 saturated heterocycles. The van der Waals surface area contributed by atoms with Gasteiger partial charge in [-0.1, -0.05) is 32.4 Å². The van der Waals surface area contributed by atoms with Gasteiger partial charge < -0.3 is 4.98 Å². The Morgan fingerprint density at radius 1 is 1.33 bits per heavy atom. The van der Waals surface area contributed by atoms with Crippen molar-refractivity contribution in [1.29, 1.82) is 0 Å². The number of nitrogens with one attached hydrogen (secondary N) is 1. The van der Waals surface area contributed by atoms with E-state index in [-0.39, 0.29) is 10.4 Å². The number of halogens is 2. The van der Waals surface area contributed by atoms with E-state index in [1.807, 2.05) is 20.8 Å². The van der Waals surface area contributed by atoms with Crippen molar-refractivity contribution in [3.63, 3.8) is 0 Å². The predicted molar refractivity (Wildman–Crippen MR) is 59.8 cm³/mol. The SMILES string of the molecule is CC(C)(C)c1nc2cc(F)c(Cl)cc2[nH]1. The minimum Gasteiger partial charge on any atom is -0.341 e. The van der Waals surface area contributed by atoms with Crippen LogP contribution in [-0.4, -0.2) is 9.97 Å². The van der Waals surface area contributed by atoms with Crippen LogP contribution in [0, 0.1) is 5.82 Å². The molecule has 0 aliphatic rings. The molecule has 0 radical (unpaired) electrons. The standard InChI is InChI=1S/C11H12ClFN2/c1-11(2,3)10-14-8-4-6(12)7(13)5-9(8)15-10/h4-5H,1-3H3,(H,14,15). The summed E-state index contributed by atoms with van der Waals surface area (Å²) in [7, 11) is 0. The van der Waals surface area contributed by atoms with E-state index >= 15 is 0 Å². The summed E-state index contributed by atoms with van der Waals surface area (Å²) in [6, 6.07) is 2.91. The van der Waals surface area contributed by atoms with Crippen LogP contribution in [-0.2, 0) is 5.41 Å². The number of nitrogens with zero attached hydrogens (tertiary/aromatic N) is 1. The zero-order valence-corrected chi connectivity index (χ0v) is 9.61. The van der Waals surface area contributed by atoms with Gasteiger partial charge in [-0.25, -0.2) is 9.37 Å². The molecule has 80 valence electrons. The van der Waals surface area contributed by atoms with Gasteiger partial charge in [-0.15, -0.1) is 0 Å². The van der Waals surface area contributed by atoms with Gasteiger partial charge in [0.05, 0.1) is 16.1 Å². The fraction of sp³-hybridized carbons (Fsp3) is 0.364. The highest BCUT2D eigenvalue weighted by atomic mass is 35.5. The van der Waals surface area contributed by atoms with Crippen LogP contribution in [0.25, 0.3) is 11.0 Å². The summed E-state index contributed by atoms with van der Waals surface area (Å²) in [5, 5.41) is 0.117. The first-order valence-corrected chi connectivity index (χ1v) is 5.11. The number of imidazole rings is 1. The maximum absolute atomic E-state index is 13.2. The molecular formula is C11H12ClFN2. The van der Waals surface area contributed by atoms with Crippen LogP contribution >= 0.6 is 11.6 Å². The summed E-state index contributed by atoms with van der Waals surface area (Å²) >= 11 is 5.69. The van der Waals surface area contributed by atoms with E-state index in [2.05, 4.69) is 9.97 Å². The molecule has 0 saturated carbocycles. The molecule has 2 aromatic rings. The Balaban J connectivity index is 2.66. The van der Waals surface area contributed by atoms with E-state index in [4.69, 9.17) is 11.6 Å². The van der Waals surface area contributed by atoms with Crippen molar-refractivity contribution in [2.24, 2.45) is 0 Å². The van der Waals surface area contributed by atoms with Crippen molar-refractivity contribution in [2.45, 2.75) is 26.2 Å². The molecule has 1 aromatic heterocycles. The predicted octanol–water partition coefficient (Wildman–Crippen LogP) is 3.65. The van der Waals surface area contributed by atoms with Crippen LogP contribution in [0.4, 0.5) is 4.39 Å². The quantitative estimate of drug-likeness (QED) is 0.730. The largest absolute Gasteiger partial charge is 0.341 e. The molecule has 1 aromatic carbocycles. The molecule has 0 atom stereocenters. The smallest absolute Gasteiger partial charge is 0.144 e. The van der Waals surface area contributed by atoms with Crippen LogP contribution in [0.15, 0.2) is 12.1 Å². The Labute approximate surface area is 92.5 Å². The van der Waals surface area contributed by atoms with E-state index in [9.17, 15) is 4.39 Å². The monoisotopic (exact) mass is 226 g/mol. The molecular weight excluding hydrogens is 215 g/mol. The molecule has 2 nitrogen and oxygen atoms in total. The lowest BCUT2D eigenvalue weighted by Crippen LogP contribution is -2.12. The number of H-pyrrole nitrogens is 1. The van der Waals surface area contributed by atoms with E-state index in [0.29, 0.717) is 5.52 Å². The Bertz CT molecular complexity index is 472. The highest BCUT2D eigenvalue weighted by Crippen LogP contribution is 2.25. The molecule has 0 fully saturated rings. The van der Waals surface area contributed by atoms with Gasteiger partial charge in [-0.2, -0.15) is 0 Å². The number of fused-ring (bicyclic) bond motifs is 1. The normalized spacial score (nSPS) is 12.3. The summed E-state index contributed by atoms with van der Waals surface area (Å²) in [5.74, 6) is 0.398. The first kappa shape index (κ1) is 10.4. The van der Waals surface area contributed by atoms with Gasteiger partial charge in [0.1, 0.15) is 11.6 Å². The number of aromatic nitrogens is 2. The average molecular weight is 227 g/mol. The Morgan fingerprint density at radius 3 is 2.60 bits per heavy atom. The van der Waals surface area contributed by atoms with Gasteiger partial charge in [0.25, 0.3) is 0 Å². The van der Waals surface area contributed by atoms with Crippen molar-refractivity contribution in [2.75, 3.05) is 0 Å². The second-order valence-electron chi connectivity index (χ2n) is 4.62. The maximum atomic E-state index is 13.2. The number of hydrogen-bond donors (Lipinski definition) is 1. The molecule has 0 unspecified atom stereocenters. The van der Waals surface area contributed by atoms with Gasteiger partial charge in [-0.05, 0) is 6.07 Å². The van der Waals surface area contributed by atoms with Crippen LogP contribution in [0.5, 0.6) is 0 Å². The molecule has 1 heterocycles. The number of rotatable bonds is 0. The zero-order chi connectivity index (χ0) is 11.2. The highest BCUT2D eigenvalue weighted by molar-refractivity contribution is 6.31. The lowest BCUT2D eigenvalue weighted by atomic mass is 9.96. The van der Waals surface area contributed by atoms with Crippen LogP contribution in [0.2, 0.25) is 5.02 Å². The fourth-order valence-corrected chi connectivity index (χ4v) is 1.52. The van der Waals surface area contributed by atoms with Crippen molar-refractivity contribution < 1.29 is 4.39 Å². The van der Waals surface area contributed by atoms with Crippen molar-refractivity contribution in [3.8, 4) is 0 Å². The molecule has 1 N–H and O–H groups in total. The minimum absolute atomic E-state index is 0.0814. The number of benzene rings is 1. The topological polar surface area (TPSA) is 28.7 Å². The molecule has 0 aliphatic carbocycles. The summed E-state index contributed by atoms with van der Waals surface area (Å²) in [5.41, 5.74) is 1.30. The van der Waals surface area contributed by atoms with Crippen molar-refractivity contribution in [3.05, 3.63) is 28.8 Å².